The molecule has 5 rings (SSSR count). The molecule has 0 radical (unpaired) electrons. The Labute approximate surface area is 194 Å². The van der Waals surface area contributed by atoms with E-state index in [9.17, 15) is 13.2 Å². The van der Waals surface area contributed by atoms with E-state index in [1.807, 2.05) is 53.4 Å². The summed E-state index contributed by atoms with van der Waals surface area (Å²) in [6, 6.07) is 17.6. The zero-order valence-electron chi connectivity index (χ0n) is 18.9. The summed E-state index contributed by atoms with van der Waals surface area (Å²) in [6.45, 7) is 4.91. The number of benzene rings is 2. The lowest BCUT2D eigenvalue weighted by Crippen LogP contribution is -2.44. The molecule has 2 aromatic carbocycles. The molecule has 0 aliphatic carbocycles. The molecule has 0 N–H and O–H groups in total. The van der Waals surface area contributed by atoms with Crippen molar-refractivity contribution in [1.29, 1.82) is 0 Å². The topological polar surface area (TPSA) is 75.5 Å². The molecule has 1 amide bonds. The van der Waals surface area contributed by atoms with Crippen LogP contribution in [0.25, 0.3) is 5.69 Å². The SMILES string of the molecule is Cc1nn(-c2ccccc2)c(C)c1S(=O)(=O)N1CCC(C(=O)N2CCc3ccccc32)CC1. The maximum Gasteiger partial charge on any atom is 0.246 e. The Balaban J connectivity index is 1.32. The summed E-state index contributed by atoms with van der Waals surface area (Å²) in [7, 11) is -3.70. The van der Waals surface area contributed by atoms with Crippen molar-refractivity contribution in [1.82, 2.24) is 14.1 Å². The Morgan fingerprint density at radius 1 is 0.939 bits per heavy atom. The van der Waals surface area contributed by atoms with Crippen LogP contribution >= 0.6 is 0 Å². The quantitative estimate of drug-likeness (QED) is 0.593. The largest absolute Gasteiger partial charge is 0.312 e. The van der Waals surface area contributed by atoms with Crippen molar-refractivity contribution in [3.63, 3.8) is 0 Å². The van der Waals surface area contributed by atoms with E-state index in [0.717, 1.165) is 17.8 Å². The van der Waals surface area contributed by atoms with Gasteiger partial charge in [-0.3, -0.25) is 4.79 Å². The highest BCUT2D eigenvalue weighted by Crippen LogP contribution is 2.33. The number of amides is 1. The molecule has 1 fully saturated rings. The average Bonchev–Trinajstić information content (AvgIpc) is 3.40. The van der Waals surface area contributed by atoms with Gasteiger partial charge in [0.2, 0.25) is 15.9 Å². The van der Waals surface area contributed by atoms with Crippen molar-refractivity contribution in [3.8, 4) is 5.69 Å². The summed E-state index contributed by atoms with van der Waals surface area (Å²) in [6.07, 6.45) is 1.93. The number of rotatable bonds is 4. The van der Waals surface area contributed by atoms with Crippen LogP contribution in [-0.2, 0) is 21.2 Å². The van der Waals surface area contributed by atoms with Crippen molar-refractivity contribution < 1.29 is 13.2 Å². The van der Waals surface area contributed by atoms with E-state index in [1.54, 1.807) is 18.5 Å². The van der Waals surface area contributed by atoms with Crippen molar-refractivity contribution >= 4 is 21.6 Å². The zero-order valence-corrected chi connectivity index (χ0v) is 19.8. The fourth-order valence-corrected chi connectivity index (χ4v) is 6.91. The van der Waals surface area contributed by atoms with Crippen molar-refractivity contribution in [2.45, 2.75) is 38.0 Å². The molecule has 1 saturated heterocycles. The van der Waals surface area contributed by atoms with Gasteiger partial charge in [-0.25, -0.2) is 13.1 Å². The Morgan fingerprint density at radius 3 is 2.33 bits per heavy atom. The first-order valence-corrected chi connectivity index (χ1v) is 12.8. The van der Waals surface area contributed by atoms with Gasteiger partial charge < -0.3 is 4.90 Å². The number of hydrogen-bond donors (Lipinski definition) is 0. The number of sulfonamides is 1. The normalized spacial score (nSPS) is 17.3. The molecule has 0 unspecified atom stereocenters. The summed E-state index contributed by atoms with van der Waals surface area (Å²) in [5.41, 5.74) is 4.12. The fraction of sp³-hybridized carbons (Fsp3) is 0.360. The van der Waals surface area contributed by atoms with Crippen molar-refractivity contribution in [2.75, 3.05) is 24.5 Å². The van der Waals surface area contributed by atoms with Crippen LogP contribution < -0.4 is 4.90 Å². The first-order chi connectivity index (χ1) is 15.9. The number of carbonyl (C=O) groups is 1. The highest BCUT2D eigenvalue weighted by Gasteiger charge is 2.37. The predicted molar refractivity (Wildman–Crippen MR) is 127 cm³/mol. The Hall–Kier alpha value is -2.97. The number of nitrogens with zero attached hydrogens (tertiary/aromatic N) is 4. The van der Waals surface area contributed by atoms with Gasteiger partial charge in [-0.15, -0.1) is 0 Å². The lowest BCUT2D eigenvalue weighted by molar-refractivity contribution is -0.123. The van der Waals surface area contributed by atoms with Gasteiger partial charge in [-0.1, -0.05) is 36.4 Å². The first-order valence-electron chi connectivity index (χ1n) is 11.4. The molecule has 0 spiro atoms. The minimum Gasteiger partial charge on any atom is -0.312 e. The van der Waals surface area contributed by atoms with E-state index in [0.29, 0.717) is 43.9 Å². The fourth-order valence-electron chi connectivity index (χ4n) is 5.08. The van der Waals surface area contributed by atoms with Crippen molar-refractivity contribution in [3.05, 3.63) is 71.5 Å². The molecule has 8 heteroatoms. The molecule has 3 aromatic rings. The summed E-state index contributed by atoms with van der Waals surface area (Å²) < 4.78 is 30.3. The monoisotopic (exact) mass is 464 g/mol. The molecule has 0 bridgehead atoms. The number of hydrogen-bond acceptors (Lipinski definition) is 4. The number of para-hydroxylation sites is 2. The summed E-state index contributed by atoms with van der Waals surface area (Å²) in [4.78, 5) is 15.3. The molecule has 2 aliphatic heterocycles. The summed E-state index contributed by atoms with van der Waals surface area (Å²) >= 11 is 0. The van der Waals surface area contributed by atoms with Crippen LogP contribution in [0.2, 0.25) is 0 Å². The third kappa shape index (κ3) is 3.77. The van der Waals surface area contributed by atoms with Gasteiger partial charge in [0.25, 0.3) is 0 Å². The highest BCUT2D eigenvalue weighted by molar-refractivity contribution is 7.89. The van der Waals surface area contributed by atoms with Gasteiger partial charge in [0.05, 0.1) is 17.1 Å². The summed E-state index contributed by atoms with van der Waals surface area (Å²) in [5, 5.41) is 4.51. The minimum absolute atomic E-state index is 0.112. The zero-order chi connectivity index (χ0) is 23.2. The van der Waals surface area contributed by atoms with Crippen LogP contribution in [-0.4, -0.2) is 48.0 Å². The van der Waals surface area contributed by atoms with E-state index in [1.165, 1.54) is 9.87 Å². The van der Waals surface area contributed by atoms with Gasteiger partial charge in [-0.2, -0.15) is 9.40 Å². The van der Waals surface area contributed by atoms with Gasteiger partial charge in [-0.05, 0) is 56.9 Å². The van der Waals surface area contributed by atoms with E-state index < -0.39 is 10.0 Å². The standard InChI is InChI=1S/C25H28N4O3S/c1-18-24(19(2)29(26-18)22-9-4-3-5-10-22)33(31,32)27-15-12-21(13-16-27)25(30)28-17-14-20-8-6-7-11-23(20)28/h3-11,21H,12-17H2,1-2H3. The number of aromatic nitrogens is 2. The van der Waals surface area contributed by atoms with Crippen LogP contribution in [0.5, 0.6) is 0 Å². The molecule has 3 heterocycles. The van der Waals surface area contributed by atoms with Crippen LogP contribution in [0.15, 0.2) is 59.5 Å². The first kappa shape index (κ1) is 21.9. The lowest BCUT2D eigenvalue weighted by atomic mass is 9.96. The van der Waals surface area contributed by atoms with Gasteiger partial charge in [0.15, 0.2) is 0 Å². The third-order valence-corrected chi connectivity index (χ3v) is 8.93. The molecule has 33 heavy (non-hydrogen) atoms. The van der Waals surface area contributed by atoms with E-state index in [4.69, 9.17) is 0 Å². The van der Waals surface area contributed by atoms with Crippen LogP contribution in [0.4, 0.5) is 5.69 Å². The van der Waals surface area contributed by atoms with Crippen LogP contribution in [0.1, 0.15) is 29.8 Å². The number of anilines is 1. The predicted octanol–water partition coefficient (Wildman–Crippen LogP) is 3.48. The molecule has 7 nitrogen and oxygen atoms in total. The van der Waals surface area contributed by atoms with E-state index >= 15 is 0 Å². The second-order valence-electron chi connectivity index (χ2n) is 8.79. The second kappa shape index (κ2) is 8.43. The molecular weight excluding hydrogens is 436 g/mol. The van der Waals surface area contributed by atoms with Crippen LogP contribution in [0.3, 0.4) is 0 Å². The number of fused-ring (bicyclic) bond motifs is 1. The lowest BCUT2D eigenvalue weighted by Gasteiger charge is -2.32. The minimum atomic E-state index is -3.70. The highest BCUT2D eigenvalue weighted by atomic mass is 32.2. The second-order valence-corrected chi connectivity index (χ2v) is 10.7. The molecular formula is C25H28N4O3S. The Bertz CT molecular complexity index is 1290. The third-order valence-electron chi connectivity index (χ3n) is 6.78. The molecule has 172 valence electrons. The van der Waals surface area contributed by atoms with E-state index in [2.05, 4.69) is 11.2 Å². The molecule has 2 aliphatic rings. The number of piperidine rings is 1. The Morgan fingerprint density at radius 2 is 1.61 bits per heavy atom. The maximum atomic E-state index is 13.5. The van der Waals surface area contributed by atoms with Gasteiger partial charge in [0.1, 0.15) is 4.90 Å². The number of carbonyl (C=O) groups excluding carboxylic acids is 1. The molecule has 0 atom stereocenters. The maximum absolute atomic E-state index is 13.5. The smallest absolute Gasteiger partial charge is 0.246 e. The average molecular weight is 465 g/mol. The van der Waals surface area contributed by atoms with E-state index in [-0.39, 0.29) is 16.7 Å². The Kier molecular flexibility index (Phi) is 5.58. The van der Waals surface area contributed by atoms with Gasteiger partial charge >= 0.3 is 0 Å². The number of aryl methyl sites for hydroxylation is 1. The van der Waals surface area contributed by atoms with Gasteiger partial charge in [0, 0.05) is 31.2 Å². The molecule has 0 saturated carbocycles. The molecule has 1 aromatic heterocycles. The summed E-state index contributed by atoms with van der Waals surface area (Å²) in [5.74, 6) is -0.0434. The van der Waals surface area contributed by atoms with Crippen molar-refractivity contribution in [2.24, 2.45) is 5.92 Å². The van der Waals surface area contributed by atoms with Crippen LogP contribution in [0, 0.1) is 19.8 Å².